The first-order valence-electron chi connectivity index (χ1n) is 9.58. The molecule has 28 heavy (non-hydrogen) atoms. The highest BCUT2D eigenvalue weighted by Crippen LogP contribution is 2.11. The molecule has 0 bridgehead atoms. The molecule has 2 aromatic rings. The first-order valence-corrected chi connectivity index (χ1v) is 9.58. The highest BCUT2D eigenvalue weighted by atomic mass is 16.5. The van der Waals surface area contributed by atoms with Crippen LogP contribution in [-0.4, -0.2) is 47.5 Å². The van der Waals surface area contributed by atoms with Crippen molar-refractivity contribution < 1.29 is 14.1 Å². The van der Waals surface area contributed by atoms with E-state index in [0.29, 0.717) is 38.2 Å². The van der Waals surface area contributed by atoms with E-state index < -0.39 is 0 Å². The van der Waals surface area contributed by atoms with E-state index in [9.17, 15) is 9.59 Å². The van der Waals surface area contributed by atoms with Crippen molar-refractivity contribution in [1.82, 2.24) is 20.4 Å². The molecule has 8 heteroatoms. The normalized spacial score (nSPS) is 10.9. The second kappa shape index (κ2) is 11.2. The van der Waals surface area contributed by atoms with Crippen LogP contribution in [0.2, 0.25) is 0 Å². The largest absolute Gasteiger partial charge is 0.352 e. The molecule has 2 amide bonds. The number of nitrogens with zero attached hydrogens (tertiary/aromatic N) is 3. The lowest BCUT2D eigenvalue weighted by Crippen LogP contribution is -2.27. The van der Waals surface area contributed by atoms with E-state index in [-0.39, 0.29) is 11.8 Å². The van der Waals surface area contributed by atoms with E-state index in [1.807, 2.05) is 38.4 Å². The van der Waals surface area contributed by atoms with Gasteiger partial charge in [-0.2, -0.15) is 4.98 Å². The smallest absolute Gasteiger partial charge is 0.238 e. The second-order valence-corrected chi connectivity index (χ2v) is 6.97. The molecule has 2 rings (SSSR count). The molecule has 0 spiro atoms. The summed E-state index contributed by atoms with van der Waals surface area (Å²) in [5.41, 5.74) is 1.65. The predicted molar refractivity (Wildman–Crippen MR) is 107 cm³/mol. The molecule has 0 aliphatic rings. The van der Waals surface area contributed by atoms with E-state index in [0.717, 1.165) is 29.9 Å². The molecule has 2 N–H and O–H groups in total. The Kier molecular flexibility index (Phi) is 8.61. The number of aromatic nitrogens is 2. The summed E-state index contributed by atoms with van der Waals surface area (Å²) in [4.78, 5) is 30.0. The van der Waals surface area contributed by atoms with Crippen LogP contribution >= 0.6 is 0 Å². The first kappa shape index (κ1) is 21.6. The third kappa shape index (κ3) is 7.87. The third-order valence-corrected chi connectivity index (χ3v) is 3.94. The summed E-state index contributed by atoms with van der Waals surface area (Å²) in [5.74, 6) is 1.20. The molecule has 0 atom stereocenters. The number of rotatable bonds is 11. The Labute approximate surface area is 165 Å². The van der Waals surface area contributed by atoms with Crippen molar-refractivity contribution in [3.05, 3.63) is 41.5 Å². The van der Waals surface area contributed by atoms with Gasteiger partial charge in [0.1, 0.15) is 0 Å². The van der Waals surface area contributed by atoms with Gasteiger partial charge in [0.25, 0.3) is 0 Å². The van der Waals surface area contributed by atoms with E-state index in [2.05, 4.69) is 27.7 Å². The number of aryl methyl sites for hydroxylation is 2. The highest BCUT2D eigenvalue weighted by molar-refractivity contribution is 5.92. The van der Waals surface area contributed by atoms with Crippen LogP contribution in [0.1, 0.15) is 43.5 Å². The third-order valence-electron chi connectivity index (χ3n) is 3.94. The lowest BCUT2D eigenvalue weighted by molar-refractivity contribution is -0.121. The Hall–Kier alpha value is -2.74. The van der Waals surface area contributed by atoms with Gasteiger partial charge < -0.3 is 20.1 Å². The molecule has 0 fully saturated rings. The average molecular weight is 387 g/mol. The van der Waals surface area contributed by atoms with Crippen molar-refractivity contribution in [1.29, 1.82) is 0 Å². The molecule has 152 valence electrons. The second-order valence-electron chi connectivity index (χ2n) is 6.97. The van der Waals surface area contributed by atoms with Crippen molar-refractivity contribution in [3.63, 3.8) is 0 Å². The van der Waals surface area contributed by atoms with Crippen LogP contribution in [0.4, 0.5) is 5.69 Å². The van der Waals surface area contributed by atoms with Gasteiger partial charge in [-0.25, -0.2) is 0 Å². The van der Waals surface area contributed by atoms with Gasteiger partial charge in [-0.15, -0.1) is 0 Å². The molecule has 1 heterocycles. The van der Waals surface area contributed by atoms with Crippen molar-refractivity contribution >= 4 is 17.5 Å². The number of hydrogen-bond acceptors (Lipinski definition) is 6. The van der Waals surface area contributed by atoms with Crippen LogP contribution < -0.4 is 10.6 Å². The molecular formula is C20H29N5O3. The molecule has 0 radical (unpaired) electrons. The Morgan fingerprint density at radius 1 is 1.18 bits per heavy atom. The van der Waals surface area contributed by atoms with Crippen molar-refractivity contribution in [2.24, 2.45) is 0 Å². The summed E-state index contributed by atoms with van der Waals surface area (Å²) in [6.07, 6.45) is 3.42. The van der Waals surface area contributed by atoms with Gasteiger partial charge in [0, 0.05) is 31.5 Å². The number of anilines is 1. The fraction of sp³-hybridized carbons (Fsp3) is 0.500. The fourth-order valence-electron chi connectivity index (χ4n) is 2.65. The van der Waals surface area contributed by atoms with E-state index >= 15 is 0 Å². The standard InChI is InChI=1S/C20H29N5O3/c1-4-7-17-23-20(28-24-17)11-6-10-18(26)21-13-15-8-5-9-16(12-15)22-19(27)14-25(2)3/h5,8-9,12H,4,6-7,10-11,13-14H2,1-3H3,(H,21,26)(H,22,27). The number of hydrogen-bond donors (Lipinski definition) is 2. The summed E-state index contributed by atoms with van der Waals surface area (Å²) in [5, 5.41) is 9.65. The zero-order chi connectivity index (χ0) is 20.4. The molecule has 0 aliphatic heterocycles. The van der Waals surface area contributed by atoms with Crippen molar-refractivity contribution in [3.8, 4) is 0 Å². The van der Waals surface area contributed by atoms with Crippen LogP contribution in [0, 0.1) is 0 Å². The minimum atomic E-state index is -0.0747. The van der Waals surface area contributed by atoms with E-state index in [1.165, 1.54) is 0 Å². The van der Waals surface area contributed by atoms with Gasteiger partial charge in [0.15, 0.2) is 5.82 Å². The summed E-state index contributed by atoms with van der Waals surface area (Å²) >= 11 is 0. The first-order chi connectivity index (χ1) is 13.5. The zero-order valence-corrected chi connectivity index (χ0v) is 16.8. The predicted octanol–water partition coefficient (Wildman–Crippen LogP) is 2.16. The summed E-state index contributed by atoms with van der Waals surface area (Å²) in [6.45, 7) is 2.80. The van der Waals surface area contributed by atoms with Crippen LogP contribution in [0.5, 0.6) is 0 Å². The molecule has 8 nitrogen and oxygen atoms in total. The van der Waals surface area contributed by atoms with Gasteiger partial charge in [-0.05, 0) is 44.6 Å². The monoisotopic (exact) mass is 387 g/mol. The number of benzene rings is 1. The quantitative estimate of drug-likeness (QED) is 0.613. The molecule has 0 unspecified atom stereocenters. The van der Waals surface area contributed by atoms with Crippen LogP contribution in [-0.2, 0) is 29.0 Å². The molecule has 0 saturated carbocycles. The Morgan fingerprint density at radius 2 is 2.00 bits per heavy atom. The van der Waals surface area contributed by atoms with Gasteiger partial charge in [-0.3, -0.25) is 9.59 Å². The molecule has 0 aliphatic carbocycles. The summed E-state index contributed by atoms with van der Waals surface area (Å²) in [7, 11) is 3.68. The Bertz CT molecular complexity index is 773. The molecule has 1 aromatic carbocycles. The zero-order valence-electron chi connectivity index (χ0n) is 16.8. The van der Waals surface area contributed by atoms with Gasteiger partial charge in [0.2, 0.25) is 17.7 Å². The highest BCUT2D eigenvalue weighted by Gasteiger charge is 2.08. The molecular weight excluding hydrogens is 358 g/mol. The lowest BCUT2D eigenvalue weighted by Gasteiger charge is -2.11. The maximum atomic E-state index is 12.0. The summed E-state index contributed by atoms with van der Waals surface area (Å²) < 4.78 is 5.17. The number of amides is 2. The summed E-state index contributed by atoms with van der Waals surface area (Å²) in [6, 6.07) is 7.46. The maximum absolute atomic E-state index is 12.0. The van der Waals surface area contributed by atoms with Crippen LogP contribution in [0.15, 0.2) is 28.8 Å². The lowest BCUT2D eigenvalue weighted by atomic mass is 10.2. The number of likely N-dealkylation sites (N-methyl/N-ethyl adjacent to an activating group) is 1. The van der Waals surface area contributed by atoms with E-state index in [4.69, 9.17) is 4.52 Å². The minimum Gasteiger partial charge on any atom is -0.352 e. The molecule has 0 saturated heterocycles. The number of carbonyl (C=O) groups excluding carboxylic acids is 2. The minimum absolute atomic E-state index is 0.0321. The fourth-order valence-corrected chi connectivity index (χ4v) is 2.65. The number of carbonyl (C=O) groups is 2. The average Bonchev–Trinajstić information content (AvgIpc) is 3.07. The van der Waals surface area contributed by atoms with Crippen molar-refractivity contribution in [2.45, 2.75) is 45.6 Å². The Balaban J connectivity index is 1.71. The van der Waals surface area contributed by atoms with Crippen LogP contribution in [0.25, 0.3) is 0 Å². The van der Waals surface area contributed by atoms with Gasteiger partial charge in [0.05, 0.1) is 6.54 Å². The van der Waals surface area contributed by atoms with Gasteiger partial charge in [-0.1, -0.05) is 24.2 Å². The molecule has 1 aromatic heterocycles. The Morgan fingerprint density at radius 3 is 2.75 bits per heavy atom. The SMILES string of the molecule is CCCc1noc(CCCC(=O)NCc2cccc(NC(=O)CN(C)C)c2)n1. The van der Waals surface area contributed by atoms with E-state index in [1.54, 1.807) is 4.90 Å². The van der Waals surface area contributed by atoms with Gasteiger partial charge >= 0.3 is 0 Å². The van der Waals surface area contributed by atoms with Crippen molar-refractivity contribution in [2.75, 3.05) is 26.0 Å². The van der Waals surface area contributed by atoms with Crippen LogP contribution in [0.3, 0.4) is 0 Å². The maximum Gasteiger partial charge on any atom is 0.238 e. The topological polar surface area (TPSA) is 100 Å². The number of nitrogens with one attached hydrogen (secondary N) is 2.